The Kier molecular flexibility index (Phi) is 2.40. The van der Waals surface area contributed by atoms with E-state index in [1.54, 1.807) is 0 Å². The number of rotatable bonds is 3. The van der Waals surface area contributed by atoms with Crippen LogP contribution in [0, 0.1) is 5.92 Å². The van der Waals surface area contributed by atoms with E-state index in [0.717, 1.165) is 19.1 Å². The van der Waals surface area contributed by atoms with Gasteiger partial charge in [-0.25, -0.2) is 0 Å². The molecule has 2 fully saturated rings. The molecule has 0 radical (unpaired) electrons. The maximum absolute atomic E-state index is 5.49. The van der Waals surface area contributed by atoms with Crippen molar-refractivity contribution in [3.05, 3.63) is 29.8 Å². The average molecular weight is 217 g/mol. The fourth-order valence-corrected chi connectivity index (χ4v) is 2.89. The van der Waals surface area contributed by atoms with Crippen molar-refractivity contribution in [1.82, 2.24) is 0 Å². The van der Waals surface area contributed by atoms with Gasteiger partial charge in [-0.1, -0.05) is 18.6 Å². The molecule has 0 unspecified atom stereocenters. The Morgan fingerprint density at radius 1 is 1.19 bits per heavy atom. The van der Waals surface area contributed by atoms with Gasteiger partial charge in [0.1, 0.15) is 0 Å². The van der Waals surface area contributed by atoms with Crippen LogP contribution in [0.4, 0.5) is 5.69 Å². The quantitative estimate of drug-likeness (QED) is 0.840. The minimum Gasteiger partial charge on any atom is -0.388 e. The Hall–Kier alpha value is -1.02. The summed E-state index contributed by atoms with van der Waals surface area (Å²) in [6.45, 7) is 1.85. The largest absolute Gasteiger partial charge is 0.388 e. The zero-order chi connectivity index (χ0) is 11.0. The minimum atomic E-state index is 0.352. The molecule has 1 aliphatic heterocycles. The van der Waals surface area contributed by atoms with Gasteiger partial charge in [-0.2, -0.15) is 0 Å². The lowest BCUT2D eigenvalue weighted by Crippen LogP contribution is -2.54. The van der Waals surface area contributed by atoms with E-state index in [-0.39, 0.29) is 0 Å². The molecule has 1 aliphatic carbocycles. The molecule has 1 heterocycles. The summed E-state index contributed by atoms with van der Waals surface area (Å²) in [5.41, 5.74) is 3.01. The van der Waals surface area contributed by atoms with Gasteiger partial charge in [-0.15, -0.1) is 0 Å². The summed E-state index contributed by atoms with van der Waals surface area (Å²) in [6, 6.07) is 8.89. The molecule has 1 aromatic carbocycles. The zero-order valence-electron chi connectivity index (χ0n) is 9.83. The first-order chi connectivity index (χ1) is 7.85. The van der Waals surface area contributed by atoms with Crippen LogP contribution in [0.2, 0.25) is 0 Å². The number of nitrogens with one attached hydrogen (secondary N) is 1. The molecule has 0 bridgehead atoms. The van der Waals surface area contributed by atoms with Gasteiger partial charge < -0.3 is 10.1 Å². The highest BCUT2D eigenvalue weighted by atomic mass is 16.5. The van der Waals surface area contributed by atoms with Crippen molar-refractivity contribution >= 4 is 5.69 Å². The lowest BCUT2D eigenvalue weighted by Gasteiger charge is -2.51. The van der Waals surface area contributed by atoms with Gasteiger partial charge in [0.15, 0.2) is 0 Å². The Labute approximate surface area is 97.0 Å². The highest BCUT2D eigenvalue weighted by molar-refractivity contribution is 5.46. The summed E-state index contributed by atoms with van der Waals surface area (Å²) in [5.74, 6) is 0.863. The van der Waals surface area contributed by atoms with Crippen molar-refractivity contribution in [2.45, 2.75) is 24.7 Å². The van der Waals surface area contributed by atoms with E-state index >= 15 is 0 Å². The fraction of sp³-hybridized carbons (Fsp3) is 0.571. The fourth-order valence-electron chi connectivity index (χ4n) is 2.89. The van der Waals surface area contributed by atoms with Crippen LogP contribution < -0.4 is 5.32 Å². The van der Waals surface area contributed by atoms with Gasteiger partial charge in [0.05, 0.1) is 13.2 Å². The van der Waals surface area contributed by atoms with Crippen LogP contribution >= 0.6 is 0 Å². The summed E-state index contributed by atoms with van der Waals surface area (Å²) in [7, 11) is 1.96. The molecule has 1 saturated heterocycles. The second kappa shape index (κ2) is 3.77. The van der Waals surface area contributed by atoms with Crippen LogP contribution in [0.5, 0.6) is 0 Å². The summed E-state index contributed by atoms with van der Waals surface area (Å²) >= 11 is 0. The smallest absolute Gasteiger partial charge is 0.0588 e. The van der Waals surface area contributed by atoms with Crippen LogP contribution in [0.15, 0.2) is 24.3 Å². The van der Waals surface area contributed by atoms with Crippen molar-refractivity contribution in [2.75, 3.05) is 25.6 Å². The molecule has 1 N–H and O–H groups in total. The van der Waals surface area contributed by atoms with Crippen LogP contribution in [0.3, 0.4) is 0 Å². The summed E-state index contributed by atoms with van der Waals surface area (Å²) in [5, 5.41) is 3.17. The topological polar surface area (TPSA) is 21.3 Å². The summed E-state index contributed by atoms with van der Waals surface area (Å²) < 4.78 is 5.49. The Morgan fingerprint density at radius 3 is 2.25 bits per heavy atom. The highest BCUT2D eigenvalue weighted by Gasteiger charge is 2.48. The van der Waals surface area contributed by atoms with E-state index in [2.05, 4.69) is 29.6 Å². The molecular formula is C14H19NO. The predicted octanol–water partition coefficient (Wildman–Crippen LogP) is 2.80. The molecule has 2 heteroatoms. The molecular weight excluding hydrogens is 198 g/mol. The van der Waals surface area contributed by atoms with Gasteiger partial charge in [0, 0.05) is 18.2 Å². The van der Waals surface area contributed by atoms with E-state index in [1.807, 2.05) is 7.05 Å². The minimum absolute atomic E-state index is 0.352. The predicted molar refractivity (Wildman–Crippen MR) is 65.8 cm³/mol. The first kappa shape index (κ1) is 10.2. The van der Waals surface area contributed by atoms with E-state index in [1.165, 1.54) is 30.5 Å². The van der Waals surface area contributed by atoms with Crippen LogP contribution in [-0.4, -0.2) is 20.3 Å². The van der Waals surface area contributed by atoms with Crippen LogP contribution in [0.1, 0.15) is 24.8 Å². The van der Waals surface area contributed by atoms with Gasteiger partial charge in [-0.3, -0.25) is 0 Å². The van der Waals surface area contributed by atoms with Crippen molar-refractivity contribution in [3.63, 3.8) is 0 Å². The van der Waals surface area contributed by atoms with Crippen molar-refractivity contribution in [3.8, 4) is 0 Å². The summed E-state index contributed by atoms with van der Waals surface area (Å²) in [6.07, 6.45) is 4.18. The molecule has 2 aliphatic rings. The Bertz CT molecular complexity index is 363. The SMILES string of the molecule is CNc1ccc(C2(C3CCC3)COC2)cc1. The number of ether oxygens (including phenoxy) is 1. The standard InChI is InChI=1S/C14H19NO/c1-15-13-7-5-12(6-8-13)14(9-16-10-14)11-3-2-4-11/h5-8,11,15H,2-4,9-10H2,1H3. The number of anilines is 1. The Morgan fingerprint density at radius 2 is 1.88 bits per heavy atom. The zero-order valence-corrected chi connectivity index (χ0v) is 9.83. The first-order valence-corrected chi connectivity index (χ1v) is 6.21. The Balaban J connectivity index is 1.87. The molecule has 0 atom stereocenters. The lowest BCUT2D eigenvalue weighted by atomic mass is 9.61. The van der Waals surface area contributed by atoms with E-state index < -0.39 is 0 Å². The van der Waals surface area contributed by atoms with Crippen molar-refractivity contribution in [1.29, 1.82) is 0 Å². The molecule has 0 spiro atoms. The van der Waals surface area contributed by atoms with Gasteiger partial charge >= 0.3 is 0 Å². The second-order valence-electron chi connectivity index (χ2n) is 5.10. The molecule has 0 aromatic heterocycles. The van der Waals surface area contributed by atoms with E-state index in [9.17, 15) is 0 Å². The summed E-state index contributed by atoms with van der Waals surface area (Å²) in [4.78, 5) is 0. The van der Waals surface area contributed by atoms with E-state index in [0.29, 0.717) is 5.41 Å². The number of benzene rings is 1. The first-order valence-electron chi connectivity index (χ1n) is 6.21. The molecule has 86 valence electrons. The molecule has 16 heavy (non-hydrogen) atoms. The molecule has 0 amide bonds. The van der Waals surface area contributed by atoms with Crippen molar-refractivity contribution in [2.24, 2.45) is 5.92 Å². The van der Waals surface area contributed by atoms with Crippen molar-refractivity contribution < 1.29 is 4.74 Å². The maximum Gasteiger partial charge on any atom is 0.0588 e. The van der Waals surface area contributed by atoms with Crippen LogP contribution in [0.25, 0.3) is 0 Å². The van der Waals surface area contributed by atoms with Gasteiger partial charge in [0.2, 0.25) is 0 Å². The third-order valence-corrected chi connectivity index (χ3v) is 4.35. The monoisotopic (exact) mass is 217 g/mol. The normalized spacial score (nSPS) is 23.3. The van der Waals surface area contributed by atoms with Gasteiger partial charge in [0.25, 0.3) is 0 Å². The number of hydrogen-bond donors (Lipinski definition) is 1. The molecule has 1 saturated carbocycles. The average Bonchev–Trinajstić information content (AvgIpc) is 2.21. The maximum atomic E-state index is 5.49. The van der Waals surface area contributed by atoms with Crippen LogP contribution in [-0.2, 0) is 10.2 Å². The molecule has 2 nitrogen and oxygen atoms in total. The third kappa shape index (κ3) is 1.36. The van der Waals surface area contributed by atoms with Gasteiger partial charge in [-0.05, 0) is 36.5 Å². The lowest BCUT2D eigenvalue weighted by molar-refractivity contribution is -0.107. The molecule has 3 rings (SSSR count). The third-order valence-electron chi connectivity index (χ3n) is 4.35. The highest BCUT2D eigenvalue weighted by Crippen LogP contribution is 2.48. The molecule has 1 aromatic rings. The second-order valence-corrected chi connectivity index (χ2v) is 5.10. The van der Waals surface area contributed by atoms with E-state index in [4.69, 9.17) is 4.74 Å². The number of hydrogen-bond acceptors (Lipinski definition) is 2.